The van der Waals surface area contributed by atoms with Gasteiger partial charge in [-0.1, -0.05) is 27.7 Å². The lowest BCUT2D eigenvalue weighted by Gasteiger charge is -2.27. The first-order valence-corrected chi connectivity index (χ1v) is 11.8. The molecule has 0 fully saturated rings. The van der Waals surface area contributed by atoms with Crippen molar-refractivity contribution in [2.75, 3.05) is 6.54 Å². The van der Waals surface area contributed by atoms with Gasteiger partial charge >= 0.3 is 11.9 Å². The molecule has 14 nitrogen and oxygen atoms in total. The molecule has 36 heavy (non-hydrogen) atoms. The van der Waals surface area contributed by atoms with Crippen LogP contribution in [0.1, 0.15) is 59.8 Å². The Kier molecular flexibility index (Phi) is 14.7. The predicted octanol–water partition coefficient (Wildman–Crippen LogP) is -1.53. The number of rotatable bonds is 17. The number of nitrogens with zero attached hydrogens (tertiary/aromatic N) is 1. The first kappa shape index (κ1) is 32.6. The summed E-state index contributed by atoms with van der Waals surface area (Å²) in [6.07, 6.45) is 0.129. The number of carboxylic acid groups (broad SMARTS) is 2. The summed E-state index contributed by atoms with van der Waals surface area (Å²) in [5.41, 5.74) is 16.3. The van der Waals surface area contributed by atoms with Crippen LogP contribution in [0.4, 0.5) is 0 Å². The summed E-state index contributed by atoms with van der Waals surface area (Å²) in [5.74, 6) is -5.09. The van der Waals surface area contributed by atoms with Gasteiger partial charge in [0.05, 0.1) is 6.04 Å². The molecular formula is C22H41N7O7. The Labute approximate surface area is 210 Å². The molecule has 4 atom stereocenters. The maximum atomic E-state index is 13.0. The standard InChI is InChI=1S/C22H41N7O7/c1-11(2)10-15(21(35)36)28-20(34)17(12(3)4)29-19(33)14(7-8-16(30)31)27-18(32)13(23)6-5-9-26-22(24)25/h11-15,17H,5-10,23H2,1-4H3,(H,27,32)(H,28,34)(H,29,33)(H,30,31)(H,35,36)(H4,24,25,26). The van der Waals surface area contributed by atoms with Crippen LogP contribution >= 0.6 is 0 Å². The molecule has 0 aromatic heterocycles. The molecular weight excluding hydrogens is 474 g/mol. The van der Waals surface area contributed by atoms with Crippen molar-refractivity contribution < 1.29 is 34.2 Å². The second-order valence-corrected chi connectivity index (χ2v) is 9.31. The molecule has 0 spiro atoms. The molecule has 4 unspecified atom stereocenters. The van der Waals surface area contributed by atoms with E-state index in [4.69, 9.17) is 22.3 Å². The Hall–Kier alpha value is -3.42. The molecule has 0 aliphatic carbocycles. The number of hydrogen-bond acceptors (Lipinski definition) is 7. The number of nitrogens with two attached hydrogens (primary N) is 3. The normalized spacial score (nSPS) is 14.3. The van der Waals surface area contributed by atoms with Gasteiger partial charge in [-0.3, -0.25) is 24.2 Å². The van der Waals surface area contributed by atoms with E-state index in [0.717, 1.165) is 0 Å². The van der Waals surface area contributed by atoms with Gasteiger partial charge in [0.25, 0.3) is 0 Å². The number of carboxylic acids is 2. The molecule has 0 bridgehead atoms. The zero-order chi connectivity index (χ0) is 28.0. The Balaban J connectivity index is 5.40. The van der Waals surface area contributed by atoms with Crippen LogP contribution in [0.25, 0.3) is 0 Å². The number of aliphatic imine (C=N–C) groups is 1. The van der Waals surface area contributed by atoms with Crippen molar-refractivity contribution >= 4 is 35.6 Å². The van der Waals surface area contributed by atoms with Crippen LogP contribution in [0, 0.1) is 11.8 Å². The Bertz CT molecular complexity index is 798. The van der Waals surface area contributed by atoms with Gasteiger partial charge in [-0.2, -0.15) is 0 Å². The van der Waals surface area contributed by atoms with Crippen LogP contribution in [-0.2, 0) is 24.0 Å². The van der Waals surface area contributed by atoms with Crippen molar-refractivity contribution in [1.82, 2.24) is 16.0 Å². The highest BCUT2D eigenvalue weighted by molar-refractivity contribution is 5.94. The highest BCUT2D eigenvalue weighted by Crippen LogP contribution is 2.09. The zero-order valence-electron chi connectivity index (χ0n) is 21.3. The second-order valence-electron chi connectivity index (χ2n) is 9.31. The van der Waals surface area contributed by atoms with E-state index in [2.05, 4.69) is 20.9 Å². The molecule has 0 aliphatic heterocycles. The van der Waals surface area contributed by atoms with Crippen molar-refractivity contribution in [2.24, 2.45) is 34.0 Å². The van der Waals surface area contributed by atoms with Gasteiger partial charge in [0.15, 0.2) is 5.96 Å². The monoisotopic (exact) mass is 515 g/mol. The van der Waals surface area contributed by atoms with Gasteiger partial charge in [-0.05, 0) is 37.5 Å². The summed E-state index contributed by atoms with van der Waals surface area (Å²) in [6.45, 7) is 7.18. The fourth-order valence-corrected chi connectivity index (χ4v) is 3.21. The molecule has 0 radical (unpaired) electrons. The topological polar surface area (TPSA) is 252 Å². The lowest BCUT2D eigenvalue weighted by Crippen LogP contribution is -2.58. The lowest BCUT2D eigenvalue weighted by molar-refractivity contribution is -0.143. The summed E-state index contributed by atoms with van der Waals surface area (Å²) in [5, 5.41) is 25.8. The third-order valence-electron chi connectivity index (χ3n) is 5.15. The Morgan fingerprint density at radius 1 is 0.833 bits per heavy atom. The quantitative estimate of drug-likeness (QED) is 0.0630. The zero-order valence-corrected chi connectivity index (χ0v) is 21.3. The number of nitrogens with one attached hydrogen (secondary N) is 3. The van der Waals surface area contributed by atoms with Gasteiger partial charge < -0.3 is 43.4 Å². The van der Waals surface area contributed by atoms with Gasteiger partial charge in [0.1, 0.15) is 18.1 Å². The second kappa shape index (κ2) is 16.3. The predicted molar refractivity (Wildman–Crippen MR) is 132 cm³/mol. The van der Waals surface area contributed by atoms with E-state index < -0.39 is 66.2 Å². The van der Waals surface area contributed by atoms with Crippen LogP contribution in [0.3, 0.4) is 0 Å². The molecule has 14 heteroatoms. The van der Waals surface area contributed by atoms with Gasteiger partial charge in [0.2, 0.25) is 17.7 Å². The van der Waals surface area contributed by atoms with Crippen molar-refractivity contribution in [1.29, 1.82) is 0 Å². The summed E-state index contributed by atoms with van der Waals surface area (Å²) in [4.78, 5) is 64.7. The van der Waals surface area contributed by atoms with Gasteiger partial charge in [-0.15, -0.1) is 0 Å². The first-order valence-electron chi connectivity index (χ1n) is 11.8. The van der Waals surface area contributed by atoms with Crippen molar-refractivity contribution in [3.63, 3.8) is 0 Å². The summed E-state index contributed by atoms with van der Waals surface area (Å²) < 4.78 is 0. The van der Waals surface area contributed by atoms with E-state index >= 15 is 0 Å². The maximum Gasteiger partial charge on any atom is 0.326 e. The van der Waals surface area contributed by atoms with E-state index in [1.165, 1.54) is 0 Å². The lowest BCUT2D eigenvalue weighted by atomic mass is 9.99. The SMILES string of the molecule is CC(C)CC(NC(=O)C(NC(=O)C(CCC(=O)O)NC(=O)C(N)CCCN=C(N)N)C(C)C)C(=O)O. The van der Waals surface area contributed by atoms with E-state index in [0.29, 0.717) is 6.42 Å². The molecule has 0 saturated carbocycles. The molecule has 11 N–H and O–H groups in total. The number of amides is 3. The first-order chi connectivity index (χ1) is 16.6. The van der Waals surface area contributed by atoms with Crippen LogP contribution < -0.4 is 33.2 Å². The molecule has 0 aromatic carbocycles. The summed E-state index contributed by atoms with van der Waals surface area (Å²) in [6, 6.07) is -4.55. The third-order valence-corrected chi connectivity index (χ3v) is 5.15. The average molecular weight is 516 g/mol. The number of aliphatic carboxylic acids is 2. The van der Waals surface area contributed by atoms with Crippen LogP contribution in [-0.4, -0.2) is 76.5 Å². The van der Waals surface area contributed by atoms with E-state index in [1.54, 1.807) is 13.8 Å². The number of guanidine groups is 1. The largest absolute Gasteiger partial charge is 0.481 e. The number of carbonyl (C=O) groups excluding carboxylic acids is 3. The van der Waals surface area contributed by atoms with Gasteiger partial charge in [-0.25, -0.2) is 4.79 Å². The minimum absolute atomic E-state index is 0.00206. The maximum absolute atomic E-state index is 13.0. The highest BCUT2D eigenvalue weighted by atomic mass is 16.4. The minimum atomic E-state index is -1.28. The van der Waals surface area contributed by atoms with Crippen molar-refractivity contribution in [2.45, 2.75) is 84.0 Å². The number of hydrogen-bond donors (Lipinski definition) is 8. The molecule has 3 amide bonds. The van der Waals surface area contributed by atoms with Crippen LogP contribution in [0.5, 0.6) is 0 Å². The van der Waals surface area contributed by atoms with Gasteiger partial charge in [0, 0.05) is 13.0 Å². The summed E-state index contributed by atoms with van der Waals surface area (Å²) >= 11 is 0. The molecule has 0 aromatic rings. The summed E-state index contributed by atoms with van der Waals surface area (Å²) in [7, 11) is 0. The molecule has 206 valence electrons. The molecule has 0 saturated heterocycles. The Morgan fingerprint density at radius 3 is 1.89 bits per heavy atom. The van der Waals surface area contributed by atoms with E-state index in [9.17, 15) is 29.1 Å². The smallest absolute Gasteiger partial charge is 0.326 e. The van der Waals surface area contributed by atoms with E-state index in [-0.39, 0.29) is 37.7 Å². The molecule has 0 rings (SSSR count). The number of carbonyl (C=O) groups is 5. The average Bonchev–Trinajstić information content (AvgIpc) is 2.75. The van der Waals surface area contributed by atoms with Crippen molar-refractivity contribution in [3.8, 4) is 0 Å². The van der Waals surface area contributed by atoms with E-state index in [1.807, 2.05) is 13.8 Å². The fourth-order valence-electron chi connectivity index (χ4n) is 3.21. The van der Waals surface area contributed by atoms with Crippen molar-refractivity contribution in [3.05, 3.63) is 0 Å². The van der Waals surface area contributed by atoms with Crippen LogP contribution in [0.15, 0.2) is 4.99 Å². The Morgan fingerprint density at radius 2 is 1.42 bits per heavy atom. The van der Waals surface area contributed by atoms with Crippen LogP contribution in [0.2, 0.25) is 0 Å². The third kappa shape index (κ3) is 13.5. The molecule has 0 heterocycles. The fraction of sp³-hybridized carbons (Fsp3) is 0.727. The highest BCUT2D eigenvalue weighted by Gasteiger charge is 2.32. The minimum Gasteiger partial charge on any atom is -0.481 e. The molecule has 0 aliphatic rings.